The van der Waals surface area contributed by atoms with Gasteiger partial charge in [-0.25, -0.2) is 8.42 Å². The van der Waals surface area contributed by atoms with Gasteiger partial charge in [-0.1, -0.05) is 36.6 Å². The lowest BCUT2D eigenvalue weighted by Crippen LogP contribution is -2.52. The number of nitrogens with one attached hydrogen (secondary N) is 1. The smallest absolute Gasteiger partial charge is 0.264 e. The van der Waals surface area contributed by atoms with Gasteiger partial charge in [-0.15, -0.1) is 0 Å². The van der Waals surface area contributed by atoms with Crippen LogP contribution in [0.3, 0.4) is 0 Å². The van der Waals surface area contributed by atoms with Gasteiger partial charge in [-0.3, -0.25) is 9.10 Å². The van der Waals surface area contributed by atoms with Gasteiger partial charge in [-0.2, -0.15) is 0 Å². The summed E-state index contributed by atoms with van der Waals surface area (Å²) in [4.78, 5) is 13.0. The molecule has 1 saturated carbocycles. The minimum absolute atomic E-state index is 0.0504. The summed E-state index contributed by atoms with van der Waals surface area (Å²) in [5, 5.41) is 3.02. The molecule has 7 heteroatoms. The first-order valence-corrected chi connectivity index (χ1v) is 11.5. The van der Waals surface area contributed by atoms with Crippen molar-refractivity contribution in [2.75, 3.05) is 10.8 Å². The number of carbonyl (C=O) groups excluding carboxylic acids is 1. The van der Waals surface area contributed by atoms with Crippen LogP contribution < -0.4 is 14.4 Å². The summed E-state index contributed by atoms with van der Waals surface area (Å²) in [6.45, 7) is 3.76. The summed E-state index contributed by atoms with van der Waals surface area (Å²) >= 11 is 0. The Kier molecular flexibility index (Phi) is 5.25. The Labute approximate surface area is 171 Å². The van der Waals surface area contributed by atoms with E-state index >= 15 is 0 Å². The van der Waals surface area contributed by atoms with Crippen molar-refractivity contribution in [3.63, 3.8) is 0 Å². The summed E-state index contributed by atoms with van der Waals surface area (Å²) in [7, 11) is -3.83. The maximum atomic E-state index is 13.4. The molecule has 29 heavy (non-hydrogen) atoms. The maximum Gasteiger partial charge on any atom is 0.264 e. The first kappa shape index (κ1) is 19.8. The molecule has 2 aliphatic rings. The summed E-state index contributed by atoms with van der Waals surface area (Å²) in [6, 6.07) is 12.3. The van der Waals surface area contributed by atoms with Crippen molar-refractivity contribution >= 4 is 21.6 Å². The number of sulfonamides is 1. The number of hydrogen-bond acceptors (Lipinski definition) is 4. The topological polar surface area (TPSA) is 75.7 Å². The van der Waals surface area contributed by atoms with E-state index in [0.29, 0.717) is 11.4 Å². The average Bonchev–Trinajstić information content (AvgIpc) is 3.20. The second kappa shape index (κ2) is 7.71. The van der Waals surface area contributed by atoms with E-state index < -0.39 is 16.1 Å². The lowest BCUT2D eigenvalue weighted by molar-refractivity contribution is -0.128. The lowest BCUT2D eigenvalue weighted by atomic mass is 10.1. The number of rotatable bonds is 4. The number of nitrogens with zero attached hydrogens (tertiary/aromatic N) is 1. The third-order valence-electron chi connectivity index (χ3n) is 5.59. The fourth-order valence-corrected chi connectivity index (χ4v) is 5.40. The van der Waals surface area contributed by atoms with Crippen LogP contribution in [0.25, 0.3) is 0 Å². The fourth-order valence-electron chi connectivity index (χ4n) is 3.93. The van der Waals surface area contributed by atoms with E-state index in [1.54, 1.807) is 36.4 Å². The number of fused-ring (bicyclic) bond motifs is 1. The van der Waals surface area contributed by atoms with Crippen LogP contribution in [0, 0.1) is 13.8 Å². The van der Waals surface area contributed by atoms with E-state index in [1.807, 2.05) is 19.9 Å². The van der Waals surface area contributed by atoms with Crippen molar-refractivity contribution in [3.05, 3.63) is 53.6 Å². The fraction of sp³-hybridized carbons (Fsp3) is 0.409. The monoisotopic (exact) mass is 414 g/mol. The Bertz CT molecular complexity index is 1010. The molecular weight excluding hydrogens is 388 g/mol. The van der Waals surface area contributed by atoms with Crippen molar-refractivity contribution in [1.29, 1.82) is 0 Å². The van der Waals surface area contributed by atoms with Crippen LogP contribution in [-0.4, -0.2) is 33.0 Å². The second-order valence-corrected chi connectivity index (χ2v) is 9.78. The molecule has 0 saturated heterocycles. The first-order valence-electron chi connectivity index (χ1n) is 10.0. The van der Waals surface area contributed by atoms with E-state index in [1.165, 1.54) is 4.31 Å². The molecule has 0 radical (unpaired) electrons. The molecule has 0 bridgehead atoms. The highest BCUT2D eigenvalue weighted by Gasteiger charge is 2.38. The normalized spacial score (nSPS) is 19.5. The Balaban J connectivity index is 1.68. The first-order chi connectivity index (χ1) is 13.8. The zero-order valence-electron chi connectivity index (χ0n) is 16.7. The van der Waals surface area contributed by atoms with Crippen LogP contribution in [0.5, 0.6) is 5.75 Å². The molecule has 1 atom stereocenters. The number of hydrogen-bond donors (Lipinski definition) is 1. The lowest BCUT2D eigenvalue weighted by Gasteiger charge is -2.35. The SMILES string of the molecule is Cc1ccc(S(=O)(=O)N2C[C@@H](C(=O)NC3CCCC3)Oc3ccc(C)cc32)cc1. The zero-order chi connectivity index (χ0) is 20.6. The van der Waals surface area contributed by atoms with E-state index in [-0.39, 0.29) is 23.4 Å². The molecule has 0 spiro atoms. The van der Waals surface area contributed by atoms with Gasteiger partial charge in [0.15, 0.2) is 6.10 Å². The number of amides is 1. The molecule has 2 aromatic rings. The molecule has 1 fully saturated rings. The second-order valence-electron chi connectivity index (χ2n) is 7.92. The van der Waals surface area contributed by atoms with Gasteiger partial charge in [0.05, 0.1) is 17.1 Å². The van der Waals surface area contributed by atoms with Crippen molar-refractivity contribution in [1.82, 2.24) is 5.32 Å². The molecule has 1 aliphatic heterocycles. The predicted molar refractivity (Wildman–Crippen MR) is 112 cm³/mol. The molecule has 0 unspecified atom stereocenters. The van der Waals surface area contributed by atoms with Gasteiger partial charge in [0, 0.05) is 6.04 Å². The van der Waals surface area contributed by atoms with Crippen molar-refractivity contribution < 1.29 is 17.9 Å². The zero-order valence-corrected chi connectivity index (χ0v) is 17.5. The molecule has 2 aromatic carbocycles. The predicted octanol–water partition coefficient (Wildman–Crippen LogP) is 3.32. The quantitative estimate of drug-likeness (QED) is 0.833. The molecule has 0 aromatic heterocycles. The third kappa shape index (κ3) is 3.96. The van der Waals surface area contributed by atoms with Gasteiger partial charge in [0.2, 0.25) is 0 Å². The summed E-state index contributed by atoms with van der Waals surface area (Å²) < 4.78 is 34.1. The van der Waals surface area contributed by atoms with E-state index in [4.69, 9.17) is 4.74 Å². The van der Waals surface area contributed by atoms with Gasteiger partial charge in [0.1, 0.15) is 5.75 Å². The van der Waals surface area contributed by atoms with E-state index in [9.17, 15) is 13.2 Å². The standard InChI is InChI=1S/C22H26N2O4S/c1-15-7-10-18(11-8-15)29(26,27)24-14-21(22(25)23-17-5-3-4-6-17)28-20-12-9-16(2)13-19(20)24/h7-13,17,21H,3-6,14H2,1-2H3,(H,23,25)/t21-/m0/s1. The minimum atomic E-state index is -3.83. The molecule has 154 valence electrons. The number of carbonyl (C=O) groups is 1. The molecule has 1 amide bonds. The number of benzene rings is 2. The molecule has 1 aliphatic carbocycles. The molecular formula is C22H26N2O4S. The van der Waals surface area contributed by atoms with Gasteiger partial charge >= 0.3 is 0 Å². The van der Waals surface area contributed by atoms with Crippen LogP contribution in [0.15, 0.2) is 47.4 Å². The van der Waals surface area contributed by atoms with Crippen LogP contribution in [0.1, 0.15) is 36.8 Å². The minimum Gasteiger partial charge on any atom is -0.476 e. The number of ether oxygens (including phenoxy) is 1. The van der Waals surface area contributed by atoms with E-state index in [2.05, 4.69) is 5.32 Å². The molecule has 6 nitrogen and oxygen atoms in total. The molecule has 4 rings (SSSR count). The van der Waals surface area contributed by atoms with Crippen LogP contribution in [0.4, 0.5) is 5.69 Å². The Hall–Kier alpha value is -2.54. The Morgan fingerprint density at radius 2 is 1.69 bits per heavy atom. The summed E-state index contributed by atoms with van der Waals surface area (Å²) in [5.41, 5.74) is 2.37. The van der Waals surface area contributed by atoms with Crippen molar-refractivity contribution in [3.8, 4) is 5.75 Å². The van der Waals surface area contributed by atoms with Crippen molar-refractivity contribution in [2.24, 2.45) is 0 Å². The van der Waals surface area contributed by atoms with Crippen molar-refractivity contribution in [2.45, 2.75) is 56.6 Å². The van der Waals surface area contributed by atoms with E-state index in [0.717, 1.165) is 36.8 Å². The highest BCUT2D eigenvalue weighted by atomic mass is 32.2. The largest absolute Gasteiger partial charge is 0.476 e. The number of aryl methyl sites for hydroxylation is 2. The highest BCUT2D eigenvalue weighted by molar-refractivity contribution is 7.92. The highest BCUT2D eigenvalue weighted by Crippen LogP contribution is 2.38. The van der Waals surface area contributed by atoms with Crippen LogP contribution >= 0.6 is 0 Å². The summed E-state index contributed by atoms with van der Waals surface area (Å²) in [6.07, 6.45) is 3.24. The summed E-state index contributed by atoms with van der Waals surface area (Å²) in [5.74, 6) is 0.149. The Morgan fingerprint density at radius 3 is 2.38 bits per heavy atom. The van der Waals surface area contributed by atoms with Crippen LogP contribution in [0.2, 0.25) is 0 Å². The third-order valence-corrected chi connectivity index (χ3v) is 7.38. The molecule has 1 N–H and O–H groups in total. The van der Waals surface area contributed by atoms with Gasteiger partial charge < -0.3 is 10.1 Å². The van der Waals surface area contributed by atoms with Gasteiger partial charge in [-0.05, 0) is 56.5 Å². The van der Waals surface area contributed by atoms with Gasteiger partial charge in [0.25, 0.3) is 15.9 Å². The maximum absolute atomic E-state index is 13.4. The van der Waals surface area contributed by atoms with Crippen LogP contribution in [-0.2, 0) is 14.8 Å². The number of anilines is 1. The Morgan fingerprint density at radius 1 is 1.03 bits per heavy atom. The molecule has 1 heterocycles. The average molecular weight is 415 g/mol.